The second kappa shape index (κ2) is 13.2. The van der Waals surface area contributed by atoms with E-state index in [0.717, 1.165) is 17.1 Å². The summed E-state index contributed by atoms with van der Waals surface area (Å²) in [6.07, 6.45) is 2.49. The summed E-state index contributed by atoms with van der Waals surface area (Å²) in [5.74, 6) is 0.686. The van der Waals surface area contributed by atoms with Crippen molar-refractivity contribution in [2.75, 3.05) is 24.7 Å². The van der Waals surface area contributed by atoms with Gasteiger partial charge in [-0.15, -0.1) is 0 Å². The molecule has 8 nitrogen and oxygen atoms in total. The normalized spacial score (nSPS) is 15.2. The maximum Gasteiger partial charge on any atom is 0.335 e. The largest absolute Gasteiger partial charge is 0.490 e. The molecule has 208 valence electrons. The molecule has 0 aromatic heterocycles. The molecule has 9 heteroatoms. The number of amides is 4. The van der Waals surface area contributed by atoms with Crippen molar-refractivity contribution in [3.63, 3.8) is 0 Å². The van der Waals surface area contributed by atoms with Gasteiger partial charge in [0.2, 0.25) is 0 Å². The summed E-state index contributed by atoms with van der Waals surface area (Å²) in [6, 6.07) is 18.5. The van der Waals surface area contributed by atoms with E-state index in [2.05, 4.69) is 31.3 Å². The van der Waals surface area contributed by atoms with E-state index in [-0.39, 0.29) is 17.9 Å². The van der Waals surface area contributed by atoms with Gasteiger partial charge in [-0.3, -0.25) is 14.9 Å². The lowest BCUT2D eigenvalue weighted by Crippen LogP contribution is -2.54. The van der Waals surface area contributed by atoms with Gasteiger partial charge in [-0.05, 0) is 85.0 Å². The summed E-state index contributed by atoms with van der Waals surface area (Å²) >= 11 is 5.92. The van der Waals surface area contributed by atoms with Crippen LogP contribution in [0, 0.1) is 0 Å². The third-order valence-corrected chi connectivity index (χ3v) is 6.69. The van der Waals surface area contributed by atoms with Crippen molar-refractivity contribution >= 4 is 41.2 Å². The minimum atomic E-state index is -0.832. The highest BCUT2D eigenvalue weighted by atomic mass is 35.5. The smallest absolute Gasteiger partial charge is 0.335 e. The zero-order valence-electron chi connectivity index (χ0n) is 22.6. The van der Waals surface area contributed by atoms with E-state index in [0.29, 0.717) is 41.2 Å². The lowest BCUT2D eigenvalue weighted by molar-refractivity contribution is -0.122. The molecule has 4 amide bonds. The molecule has 1 saturated heterocycles. The van der Waals surface area contributed by atoms with Crippen LogP contribution in [0.3, 0.4) is 0 Å². The van der Waals surface area contributed by atoms with Gasteiger partial charge < -0.3 is 14.2 Å². The maximum absolute atomic E-state index is 13.1. The number of nitrogens with one attached hydrogen (secondary N) is 1. The highest BCUT2D eigenvalue weighted by Crippen LogP contribution is 2.31. The molecule has 40 heavy (non-hydrogen) atoms. The monoisotopic (exact) mass is 562 g/mol. The van der Waals surface area contributed by atoms with Crippen molar-refractivity contribution in [3.8, 4) is 17.2 Å². The quantitative estimate of drug-likeness (QED) is 0.166. The number of anilines is 1. The van der Waals surface area contributed by atoms with E-state index in [1.807, 2.05) is 19.1 Å². The highest BCUT2D eigenvalue weighted by Gasteiger charge is 2.36. The van der Waals surface area contributed by atoms with Crippen molar-refractivity contribution in [2.24, 2.45) is 0 Å². The zero-order valence-corrected chi connectivity index (χ0v) is 23.4. The molecule has 0 aliphatic carbocycles. The number of nitrogens with zero attached hydrogens (tertiary/aromatic N) is 1. The van der Waals surface area contributed by atoms with Crippen LogP contribution in [0.2, 0.25) is 5.02 Å². The maximum atomic E-state index is 13.1. The molecular weight excluding hydrogens is 532 g/mol. The van der Waals surface area contributed by atoms with Crippen LogP contribution in [0.4, 0.5) is 10.5 Å². The molecule has 0 bridgehead atoms. The Balaban J connectivity index is 1.45. The van der Waals surface area contributed by atoms with Crippen LogP contribution in [0.1, 0.15) is 44.2 Å². The first kappa shape index (κ1) is 28.7. The van der Waals surface area contributed by atoms with Crippen molar-refractivity contribution in [3.05, 3.63) is 88.5 Å². The lowest BCUT2D eigenvalue weighted by Gasteiger charge is -2.26. The average molecular weight is 563 g/mol. The molecule has 3 aromatic carbocycles. The van der Waals surface area contributed by atoms with E-state index in [1.54, 1.807) is 30.3 Å². The summed E-state index contributed by atoms with van der Waals surface area (Å²) < 4.78 is 17.4. The van der Waals surface area contributed by atoms with Gasteiger partial charge in [0.05, 0.1) is 12.3 Å². The Labute approximate surface area is 238 Å². The fraction of sp³-hybridized carbons (Fsp3) is 0.258. The first-order valence-electron chi connectivity index (χ1n) is 13.1. The van der Waals surface area contributed by atoms with E-state index in [1.165, 1.54) is 23.8 Å². The second-order valence-corrected chi connectivity index (χ2v) is 9.59. The van der Waals surface area contributed by atoms with Crippen molar-refractivity contribution in [1.29, 1.82) is 0 Å². The Morgan fingerprint density at radius 3 is 2.25 bits per heavy atom. The molecule has 1 atom stereocenters. The predicted octanol–water partition coefficient (Wildman–Crippen LogP) is 6.38. The SMILES string of the molecule is CCOc1cc(/C=C2/C(=O)NC(=O)N(c3ccc(Cl)cc3)C2=O)ccc1OCCOc1ccc([C@@H](C)CC)cc1. The van der Waals surface area contributed by atoms with Crippen LogP contribution in [-0.4, -0.2) is 37.7 Å². The zero-order chi connectivity index (χ0) is 28.6. The number of hydrogen-bond acceptors (Lipinski definition) is 6. The summed E-state index contributed by atoms with van der Waals surface area (Å²) in [6.45, 7) is 7.20. The minimum absolute atomic E-state index is 0.196. The molecule has 1 aliphatic heterocycles. The number of benzene rings is 3. The standard InChI is InChI=1S/C31H31ClN2O6/c1-4-20(3)22-7-13-25(14-8-22)39-16-17-40-27-15-6-21(19-28(27)38-5-2)18-26-29(35)33-31(37)34(30(26)36)24-11-9-23(32)10-12-24/h6-15,18-20H,4-5,16-17H2,1-3H3,(H,33,35,37)/b26-18-/t20-/m0/s1. The summed E-state index contributed by atoms with van der Waals surface area (Å²) in [5.41, 5.74) is 1.90. The van der Waals surface area contributed by atoms with Gasteiger partial charge in [-0.1, -0.05) is 43.6 Å². The van der Waals surface area contributed by atoms with Crippen molar-refractivity contribution < 1.29 is 28.6 Å². The predicted molar refractivity (Wildman–Crippen MR) is 154 cm³/mol. The molecule has 0 spiro atoms. The van der Waals surface area contributed by atoms with Crippen LogP contribution in [-0.2, 0) is 9.59 Å². The van der Waals surface area contributed by atoms with Crippen LogP contribution in [0.15, 0.2) is 72.3 Å². The van der Waals surface area contributed by atoms with Gasteiger partial charge in [0.15, 0.2) is 11.5 Å². The molecule has 0 unspecified atom stereocenters. The molecule has 1 aliphatic rings. The molecule has 1 heterocycles. The third kappa shape index (κ3) is 6.82. The van der Waals surface area contributed by atoms with E-state index in [9.17, 15) is 14.4 Å². The van der Waals surface area contributed by atoms with Gasteiger partial charge in [-0.2, -0.15) is 0 Å². The van der Waals surface area contributed by atoms with Gasteiger partial charge in [-0.25, -0.2) is 9.69 Å². The van der Waals surface area contributed by atoms with Crippen molar-refractivity contribution in [2.45, 2.75) is 33.1 Å². The number of urea groups is 1. The fourth-order valence-corrected chi connectivity index (χ4v) is 4.22. The number of rotatable bonds is 11. The highest BCUT2D eigenvalue weighted by molar-refractivity contribution is 6.39. The molecule has 1 fully saturated rings. The molecule has 1 N–H and O–H groups in total. The Kier molecular flexibility index (Phi) is 9.45. The molecule has 3 aromatic rings. The fourth-order valence-electron chi connectivity index (χ4n) is 4.09. The molecule has 0 radical (unpaired) electrons. The number of carbonyl (C=O) groups excluding carboxylic acids is 3. The molecule has 0 saturated carbocycles. The van der Waals surface area contributed by atoms with Crippen LogP contribution in [0.5, 0.6) is 17.2 Å². The topological polar surface area (TPSA) is 94.2 Å². The third-order valence-electron chi connectivity index (χ3n) is 6.44. The summed E-state index contributed by atoms with van der Waals surface area (Å²) in [4.78, 5) is 39.0. The first-order valence-corrected chi connectivity index (χ1v) is 13.5. The average Bonchev–Trinajstić information content (AvgIpc) is 2.95. The Morgan fingerprint density at radius 1 is 0.875 bits per heavy atom. The number of hydrogen-bond donors (Lipinski definition) is 1. The first-order chi connectivity index (χ1) is 19.3. The number of barbiturate groups is 1. The molecule has 4 rings (SSSR count). The number of carbonyl (C=O) groups is 3. The van der Waals surface area contributed by atoms with Gasteiger partial charge in [0.25, 0.3) is 11.8 Å². The Morgan fingerprint density at radius 2 is 1.57 bits per heavy atom. The van der Waals surface area contributed by atoms with E-state index >= 15 is 0 Å². The Hall–Kier alpha value is -4.30. The van der Waals surface area contributed by atoms with Gasteiger partial charge in [0, 0.05) is 5.02 Å². The number of imide groups is 2. The second-order valence-electron chi connectivity index (χ2n) is 9.15. The molecular formula is C31H31ClN2O6. The number of ether oxygens (including phenoxy) is 3. The van der Waals surface area contributed by atoms with Crippen LogP contribution < -0.4 is 24.4 Å². The summed E-state index contributed by atoms with van der Waals surface area (Å²) in [7, 11) is 0. The van der Waals surface area contributed by atoms with Crippen molar-refractivity contribution in [1.82, 2.24) is 5.32 Å². The van der Waals surface area contributed by atoms with Gasteiger partial charge in [0.1, 0.15) is 24.5 Å². The Bertz CT molecular complexity index is 1400. The van der Waals surface area contributed by atoms with E-state index in [4.69, 9.17) is 25.8 Å². The number of halogens is 1. The minimum Gasteiger partial charge on any atom is -0.490 e. The van der Waals surface area contributed by atoms with Crippen LogP contribution in [0.25, 0.3) is 6.08 Å². The van der Waals surface area contributed by atoms with E-state index < -0.39 is 17.8 Å². The van der Waals surface area contributed by atoms with Gasteiger partial charge >= 0.3 is 6.03 Å². The lowest BCUT2D eigenvalue weighted by atomic mass is 9.99. The van der Waals surface area contributed by atoms with Crippen LogP contribution >= 0.6 is 11.6 Å². The summed E-state index contributed by atoms with van der Waals surface area (Å²) in [5, 5.41) is 2.66.